The van der Waals surface area contributed by atoms with Gasteiger partial charge in [0.1, 0.15) is 0 Å². The SMILES string of the molecule is NCCc1ncc(Cc2ccc(F)c(F)c2)s1. The number of hydrogen-bond acceptors (Lipinski definition) is 3. The monoisotopic (exact) mass is 254 g/mol. The van der Waals surface area contributed by atoms with Crippen LogP contribution < -0.4 is 5.73 Å². The zero-order valence-corrected chi connectivity index (χ0v) is 9.94. The number of benzene rings is 1. The summed E-state index contributed by atoms with van der Waals surface area (Å²) in [6.07, 6.45) is 3.08. The Morgan fingerprint density at radius 3 is 2.76 bits per heavy atom. The van der Waals surface area contributed by atoms with E-state index in [-0.39, 0.29) is 0 Å². The highest BCUT2D eigenvalue weighted by atomic mass is 32.1. The molecule has 0 spiro atoms. The highest BCUT2D eigenvalue weighted by molar-refractivity contribution is 7.11. The lowest BCUT2D eigenvalue weighted by Crippen LogP contribution is -2.01. The molecule has 0 bridgehead atoms. The lowest BCUT2D eigenvalue weighted by Gasteiger charge is -1.99. The van der Waals surface area contributed by atoms with Crippen molar-refractivity contribution < 1.29 is 8.78 Å². The van der Waals surface area contributed by atoms with Crippen LogP contribution in [0.15, 0.2) is 24.4 Å². The van der Waals surface area contributed by atoms with Crippen molar-refractivity contribution >= 4 is 11.3 Å². The molecule has 2 aromatic rings. The Balaban J connectivity index is 2.11. The minimum Gasteiger partial charge on any atom is -0.330 e. The van der Waals surface area contributed by atoms with E-state index in [1.165, 1.54) is 6.07 Å². The third-order valence-electron chi connectivity index (χ3n) is 2.32. The second-order valence-corrected chi connectivity index (χ2v) is 4.88. The van der Waals surface area contributed by atoms with Gasteiger partial charge in [0.2, 0.25) is 0 Å². The molecule has 0 aliphatic rings. The molecule has 0 aliphatic heterocycles. The van der Waals surface area contributed by atoms with Gasteiger partial charge in [-0.3, -0.25) is 0 Å². The number of nitrogens with two attached hydrogens (primary N) is 1. The fraction of sp³-hybridized carbons (Fsp3) is 0.250. The van der Waals surface area contributed by atoms with Gasteiger partial charge in [-0.1, -0.05) is 6.07 Å². The first-order valence-electron chi connectivity index (χ1n) is 5.26. The van der Waals surface area contributed by atoms with Crippen LogP contribution in [0.1, 0.15) is 15.4 Å². The fourth-order valence-corrected chi connectivity index (χ4v) is 2.49. The van der Waals surface area contributed by atoms with Crippen LogP contribution in [0.25, 0.3) is 0 Å². The van der Waals surface area contributed by atoms with Crippen molar-refractivity contribution in [3.05, 3.63) is 51.5 Å². The fourth-order valence-electron chi connectivity index (χ4n) is 1.52. The molecule has 5 heteroatoms. The number of rotatable bonds is 4. The van der Waals surface area contributed by atoms with Crippen LogP contribution in [0.3, 0.4) is 0 Å². The minimum absolute atomic E-state index is 0.568. The van der Waals surface area contributed by atoms with Crippen molar-refractivity contribution in [2.45, 2.75) is 12.8 Å². The Morgan fingerprint density at radius 1 is 1.24 bits per heavy atom. The second kappa shape index (κ2) is 5.33. The summed E-state index contributed by atoms with van der Waals surface area (Å²) in [5.74, 6) is -1.63. The van der Waals surface area contributed by atoms with Crippen molar-refractivity contribution in [3.63, 3.8) is 0 Å². The summed E-state index contributed by atoms with van der Waals surface area (Å²) in [7, 11) is 0. The molecular formula is C12H12F2N2S. The van der Waals surface area contributed by atoms with Crippen LogP contribution in [0.4, 0.5) is 8.78 Å². The standard InChI is InChI=1S/C12H12F2N2S/c13-10-2-1-8(6-11(10)14)5-9-7-16-12(17-9)3-4-15/h1-2,6-7H,3-5,15H2. The predicted molar refractivity (Wildman–Crippen MR) is 64.0 cm³/mol. The molecule has 0 saturated carbocycles. The van der Waals surface area contributed by atoms with Crippen molar-refractivity contribution in [2.24, 2.45) is 5.73 Å². The van der Waals surface area contributed by atoms with Crippen LogP contribution in [-0.2, 0) is 12.8 Å². The Hall–Kier alpha value is -1.33. The molecular weight excluding hydrogens is 242 g/mol. The van der Waals surface area contributed by atoms with Crippen LogP contribution in [0.2, 0.25) is 0 Å². The van der Waals surface area contributed by atoms with Crippen molar-refractivity contribution in [1.82, 2.24) is 4.98 Å². The Bertz CT molecular complexity index is 511. The van der Waals surface area contributed by atoms with Crippen LogP contribution >= 0.6 is 11.3 Å². The van der Waals surface area contributed by atoms with Gasteiger partial charge in [-0.25, -0.2) is 13.8 Å². The number of nitrogens with zero attached hydrogens (tertiary/aromatic N) is 1. The summed E-state index contributed by atoms with van der Waals surface area (Å²) in [5, 5.41) is 0.977. The van der Waals surface area contributed by atoms with Gasteiger partial charge in [-0.2, -0.15) is 0 Å². The lowest BCUT2D eigenvalue weighted by molar-refractivity contribution is 0.507. The van der Waals surface area contributed by atoms with Gasteiger partial charge in [0.25, 0.3) is 0 Å². The molecule has 0 radical (unpaired) electrons. The lowest BCUT2D eigenvalue weighted by atomic mass is 10.1. The molecule has 2 N–H and O–H groups in total. The molecule has 2 rings (SSSR count). The Morgan fingerprint density at radius 2 is 2.06 bits per heavy atom. The van der Waals surface area contributed by atoms with Gasteiger partial charge in [-0.15, -0.1) is 11.3 Å². The normalized spacial score (nSPS) is 10.8. The second-order valence-electron chi connectivity index (χ2n) is 3.68. The molecule has 1 aromatic heterocycles. The van der Waals surface area contributed by atoms with E-state index >= 15 is 0 Å². The molecule has 0 fully saturated rings. The van der Waals surface area contributed by atoms with E-state index in [9.17, 15) is 8.78 Å². The van der Waals surface area contributed by atoms with Crippen LogP contribution in [0, 0.1) is 11.6 Å². The highest BCUT2D eigenvalue weighted by Gasteiger charge is 2.06. The van der Waals surface area contributed by atoms with Gasteiger partial charge < -0.3 is 5.73 Å². The summed E-state index contributed by atoms with van der Waals surface area (Å²) < 4.78 is 25.7. The predicted octanol–water partition coefficient (Wildman–Crippen LogP) is 2.51. The Labute approximate surface area is 102 Å². The maximum absolute atomic E-state index is 13.0. The zero-order valence-electron chi connectivity index (χ0n) is 9.12. The minimum atomic E-state index is -0.818. The maximum atomic E-state index is 13.0. The van der Waals surface area contributed by atoms with Gasteiger partial charge >= 0.3 is 0 Å². The van der Waals surface area contributed by atoms with E-state index in [1.807, 2.05) is 0 Å². The average Bonchev–Trinajstić information content (AvgIpc) is 2.72. The molecule has 1 heterocycles. The smallest absolute Gasteiger partial charge is 0.159 e. The van der Waals surface area contributed by atoms with E-state index in [0.717, 1.165) is 27.9 Å². The third-order valence-corrected chi connectivity index (χ3v) is 3.38. The van der Waals surface area contributed by atoms with Gasteiger partial charge in [-0.05, 0) is 24.2 Å². The van der Waals surface area contributed by atoms with Crippen LogP contribution in [-0.4, -0.2) is 11.5 Å². The first kappa shape index (κ1) is 12.1. The average molecular weight is 254 g/mol. The first-order valence-corrected chi connectivity index (χ1v) is 6.08. The first-order chi connectivity index (χ1) is 8.19. The Kier molecular flexibility index (Phi) is 3.81. The molecule has 0 atom stereocenters. The number of halogens is 2. The summed E-state index contributed by atoms with van der Waals surface area (Å²) in [4.78, 5) is 5.24. The third kappa shape index (κ3) is 3.08. The topological polar surface area (TPSA) is 38.9 Å². The van der Waals surface area contributed by atoms with Crippen molar-refractivity contribution in [3.8, 4) is 0 Å². The number of hydrogen-bond donors (Lipinski definition) is 1. The summed E-state index contributed by atoms with van der Waals surface area (Å²) in [5.41, 5.74) is 6.18. The molecule has 17 heavy (non-hydrogen) atoms. The molecule has 0 amide bonds. The van der Waals surface area contributed by atoms with Gasteiger partial charge in [0.05, 0.1) is 5.01 Å². The molecule has 0 unspecified atom stereocenters. The molecule has 0 saturated heterocycles. The summed E-state index contributed by atoms with van der Waals surface area (Å²) in [6.45, 7) is 0.568. The largest absolute Gasteiger partial charge is 0.330 e. The van der Waals surface area contributed by atoms with Crippen molar-refractivity contribution in [1.29, 1.82) is 0 Å². The zero-order chi connectivity index (χ0) is 12.3. The van der Waals surface area contributed by atoms with Crippen LogP contribution in [0.5, 0.6) is 0 Å². The quantitative estimate of drug-likeness (QED) is 0.910. The number of thiazole rings is 1. The number of aromatic nitrogens is 1. The van der Waals surface area contributed by atoms with Gasteiger partial charge in [0, 0.05) is 23.9 Å². The van der Waals surface area contributed by atoms with E-state index in [4.69, 9.17) is 5.73 Å². The van der Waals surface area contributed by atoms with E-state index < -0.39 is 11.6 Å². The molecule has 0 aliphatic carbocycles. The highest BCUT2D eigenvalue weighted by Crippen LogP contribution is 2.18. The molecule has 1 aromatic carbocycles. The van der Waals surface area contributed by atoms with E-state index in [0.29, 0.717) is 13.0 Å². The van der Waals surface area contributed by atoms with Crippen molar-refractivity contribution in [2.75, 3.05) is 6.54 Å². The molecule has 90 valence electrons. The summed E-state index contributed by atoms with van der Waals surface area (Å²) in [6, 6.07) is 3.95. The van der Waals surface area contributed by atoms with E-state index in [2.05, 4.69) is 4.98 Å². The van der Waals surface area contributed by atoms with E-state index in [1.54, 1.807) is 23.6 Å². The maximum Gasteiger partial charge on any atom is 0.159 e. The summed E-state index contributed by atoms with van der Waals surface area (Å²) >= 11 is 1.56. The van der Waals surface area contributed by atoms with Gasteiger partial charge in [0.15, 0.2) is 11.6 Å². The molecule has 2 nitrogen and oxygen atoms in total.